The van der Waals surface area contributed by atoms with Crippen LogP contribution in [0.3, 0.4) is 0 Å². The number of carbonyl (C=O) groups is 1. The molecule has 0 unspecified atom stereocenters. The number of halogens is 1. The predicted molar refractivity (Wildman–Crippen MR) is 66.1 cm³/mol. The maximum atomic E-state index is 13.6. The smallest absolute Gasteiger partial charge is 0.338 e. The van der Waals surface area contributed by atoms with E-state index in [2.05, 4.69) is 4.72 Å². The van der Waals surface area contributed by atoms with Crippen LogP contribution in [0.1, 0.15) is 35.7 Å². The number of carboxylic acids is 1. The second kappa shape index (κ2) is 4.28. The minimum Gasteiger partial charge on any atom is -0.478 e. The first kappa shape index (κ1) is 14.0. The number of hydrogen-bond donors (Lipinski definition) is 2. The Morgan fingerprint density at radius 2 is 2.00 bits per heavy atom. The first-order chi connectivity index (χ1) is 8.65. The van der Waals surface area contributed by atoms with Crippen molar-refractivity contribution < 1.29 is 22.7 Å². The molecule has 104 valence electrons. The van der Waals surface area contributed by atoms with E-state index in [-0.39, 0.29) is 10.5 Å². The Hall–Kier alpha value is -1.47. The molecule has 1 aromatic carbocycles. The lowest BCUT2D eigenvalue weighted by Gasteiger charge is -2.13. The van der Waals surface area contributed by atoms with E-state index in [9.17, 15) is 17.6 Å². The van der Waals surface area contributed by atoms with Crippen LogP contribution in [-0.4, -0.2) is 25.0 Å². The minimum absolute atomic E-state index is 0.0128. The van der Waals surface area contributed by atoms with E-state index in [1.54, 1.807) is 6.92 Å². The molecule has 0 atom stereocenters. The third-order valence-corrected chi connectivity index (χ3v) is 4.77. The first-order valence-corrected chi connectivity index (χ1v) is 7.20. The van der Waals surface area contributed by atoms with Crippen LogP contribution in [0.15, 0.2) is 17.0 Å². The van der Waals surface area contributed by atoms with Crippen LogP contribution in [0.2, 0.25) is 0 Å². The van der Waals surface area contributed by atoms with Crippen molar-refractivity contribution in [2.24, 2.45) is 0 Å². The van der Waals surface area contributed by atoms with Crippen molar-refractivity contribution in [1.82, 2.24) is 4.72 Å². The molecule has 1 fully saturated rings. The minimum atomic E-state index is -3.83. The molecule has 2 N–H and O–H groups in total. The van der Waals surface area contributed by atoms with Gasteiger partial charge in [-0.05, 0) is 44.4 Å². The van der Waals surface area contributed by atoms with Gasteiger partial charge in [-0.15, -0.1) is 0 Å². The van der Waals surface area contributed by atoms with Crippen LogP contribution >= 0.6 is 0 Å². The standard InChI is InChI=1S/C12H14FNO4S/c1-7-5-8(6-9(10(7)13)11(15)16)19(17,18)14-12(2)3-4-12/h5-6,14H,3-4H2,1-2H3,(H,15,16). The second-order valence-electron chi connectivity index (χ2n) is 5.07. The molecule has 0 radical (unpaired) electrons. The quantitative estimate of drug-likeness (QED) is 0.882. The van der Waals surface area contributed by atoms with Crippen molar-refractivity contribution in [3.8, 4) is 0 Å². The Kier molecular flexibility index (Phi) is 3.14. The van der Waals surface area contributed by atoms with Gasteiger partial charge in [0, 0.05) is 5.54 Å². The lowest BCUT2D eigenvalue weighted by atomic mass is 10.1. The van der Waals surface area contributed by atoms with E-state index in [1.165, 1.54) is 6.92 Å². The van der Waals surface area contributed by atoms with Gasteiger partial charge in [-0.1, -0.05) is 0 Å². The van der Waals surface area contributed by atoms with Gasteiger partial charge in [-0.2, -0.15) is 0 Å². The maximum Gasteiger partial charge on any atom is 0.338 e. The molecule has 0 heterocycles. The molecule has 1 aromatic rings. The fourth-order valence-electron chi connectivity index (χ4n) is 1.72. The zero-order valence-corrected chi connectivity index (χ0v) is 11.3. The molecule has 7 heteroatoms. The van der Waals surface area contributed by atoms with Crippen molar-refractivity contribution in [2.45, 2.75) is 37.1 Å². The monoisotopic (exact) mass is 287 g/mol. The Morgan fingerprint density at radius 3 is 2.47 bits per heavy atom. The molecule has 0 aromatic heterocycles. The van der Waals surface area contributed by atoms with E-state index in [0.717, 1.165) is 25.0 Å². The van der Waals surface area contributed by atoms with Crippen molar-refractivity contribution >= 4 is 16.0 Å². The zero-order valence-electron chi connectivity index (χ0n) is 10.5. The fraction of sp³-hybridized carbons (Fsp3) is 0.417. The van der Waals surface area contributed by atoms with E-state index in [0.29, 0.717) is 0 Å². The van der Waals surface area contributed by atoms with E-state index in [4.69, 9.17) is 5.11 Å². The average molecular weight is 287 g/mol. The van der Waals surface area contributed by atoms with Crippen LogP contribution in [-0.2, 0) is 10.0 Å². The van der Waals surface area contributed by atoms with Crippen LogP contribution in [0.4, 0.5) is 4.39 Å². The van der Waals surface area contributed by atoms with Gasteiger partial charge in [-0.3, -0.25) is 0 Å². The summed E-state index contributed by atoms with van der Waals surface area (Å²) in [6.07, 6.45) is 1.47. The van der Waals surface area contributed by atoms with E-state index < -0.39 is 32.9 Å². The Bertz CT molecular complexity index is 650. The highest BCUT2D eigenvalue weighted by molar-refractivity contribution is 7.89. The van der Waals surface area contributed by atoms with Crippen molar-refractivity contribution in [2.75, 3.05) is 0 Å². The van der Waals surface area contributed by atoms with Gasteiger partial charge < -0.3 is 5.11 Å². The van der Waals surface area contributed by atoms with Gasteiger partial charge >= 0.3 is 5.97 Å². The molecule has 1 saturated carbocycles. The van der Waals surface area contributed by atoms with Crippen LogP contribution in [0, 0.1) is 12.7 Å². The summed E-state index contributed by atoms with van der Waals surface area (Å²) < 4.78 is 40.3. The van der Waals surface area contributed by atoms with Gasteiger partial charge in [0.2, 0.25) is 10.0 Å². The molecule has 0 spiro atoms. The van der Waals surface area contributed by atoms with Crippen molar-refractivity contribution in [3.05, 3.63) is 29.1 Å². The van der Waals surface area contributed by atoms with Crippen molar-refractivity contribution in [1.29, 1.82) is 0 Å². The molecule has 0 aliphatic heterocycles. The summed E-state index contributed by atoms with van der Waals surface area (Å²) in [5.74, 6) is -2.40. The Balaban J connectivity index is 2.48. The summed E-state index contributed by atoms with van der Waals surface area (Å²) in [4.78, 5) is 10.7. The highest BCUT2D eigenvalue weighted by Gasteiger charge is 2.41. The number of rotatable bonds is 4. The predicted octanol–water partition coefficient (Wildman–Crippen LogP) is 1.66. The number of carboxylic acid groups (broad SMARTS) is 1. The number of benzene rings is 1. The summed E-state index contributed by atoms with van der Waals surface area (Å²) in [5.41, 5.74) is -1.12. The lowest BCUT2D eigenvalue weighted by Crippen LogP contribution is -2.34. The highest BCUT2D eigenvalue weighted by atomic mass is 32.2. The van der Waals surface area contributed by atoms with Gasteiger partial charge in [0.15, 0.2) is 0 Å². The largest absolute Gasteiger partial charge is 0.478 e. The molecule has 1 aliphatic rings. The number of nitrogens with one attached hydrogen (secondary N) is 1. The van der Waals surface area contributed by atoms with Crippen LogP contribution in [0.25, 0.3) is 0 Å². The number of hydrogen-bond acceptors (Lipinski definition) is 3. The fourth-order valence-corrected chi connectivity index (χ4v) is 3.30. The molecular weight excluding hydrogens is 273 g/mol. The number of aryl methyl sites for hydroxylation is 1. The average Bonchev–Trinajstić information content (AvgIpc) is 2.98. The summed E-state index contributed by atoms with van der Waals surface area (Å²) in [6, 6.07) is 1.98. The third-order valence-electron chi connectivity index (χ3n) is 3.15. The van der Waals surface area contributed by atoms with Gasteiger partial charge in [0.05, 0.1) is 10.5 Å². The molecule has 0 saturated heterocycles. The third kappa shape index (κ3) is 2.76. The maximum absolute atomic E-state index is 13.6. The molecule has 5 nitrogen and oxygen atoms in total. The van der Waals surface area contributed by atoms with Gasteiger partial charge in [0.1, 0.15) is 5.82 Å². The lowest BCUT2D eigenvalue weighted by molar-refractivity contribution is 0.0691. The SMILES string of the molecule is Cc1cc(S(=O)(=O)NC2(C)CC2)cc(C(=O)O)c1F. The molecule has 0 bridgehead atoms. The molecule has 0 amide bonds. The van der Waals surface area contributed by atoms with E-state index in [1.807, 2.05) is 0 Å². The van der Waals surface area contributed by atoms with Gasteiger partial charge in [0.25, 0.3) is 0 Å². The molecule has 19 heavy (non-hydrogen) atoms. The topological polar surface area (TPSA) is 83.5 Å². The Morgan fingerprint density at radius 1 is 1.42 bits per heavy atom. The second-order valence-corrected chi connectivity index (χ2v) is 6.76. The Labute approximate surface area is 110 Å². The number of sulfonamides is 1. The highest BCUT2D eigenvalue weighted by Crippen LogP contribution is 2.36. The summed E-state index contributed by atoms with van der Waals surface area (Å²) in [6.45, 7) is 3.10. The van der Waals surface area contributed by atoms with Gasteiger partial charge in [-0.25, -0.2) is 22.3 Å². The zero-order chi connectivity index (χ0) is 14.4. The van der Waals surface area contributed by atoms with Crippen molar-refractivity contribution in [3.63, 3.8) is 0 Å². The van der Waals surface area contributed by atoms with E-state index >= 15 is 0 Å². The normalized spacial score (nSPS) is 17.2. The first-order valence-electron chi connectivity index (χ1n) is 5.72. The van der Waals surface area contributed by atoms with Crippen LogP contribution < -0.4 is 4.72 Å². The number of aromatic carboxylic acids is 1. The molecular formula is C12H14FNO4S. The molecule has 2 rings (SSSR count). The summed E-state index contributed by atoms with van der Waals surface area (Å²) in [5, 5.41) is 8.87. The summed E-state index contributed by atoms with van der Waals surface area (Å²) >= 11 is 0. The van der Waals surface area contributed by atoms with Crippen LogP contribution in [0.5, 0.6) is 0 Å². The summed E-state index contributed by atoms with van der Waals surface area (Å²) in [7, 11) is -3.83. The molecule has 1 aliphatic carbocycles.